The van der Waals surface area contributed by atoms with Crippen molar-refractivity contribution in [1.82, 2.24) is 5.32 Å². The number of carbonyl (C=O) groups is 1. The van der Waals surface area contributed by atoms with E-state index in [0.717, 1.165) is 25.0 Å². The maximum absolute atomic E-state index is 12.0. The Labute approximate surface area is 108 Å². The smallest absolute Gasteiger partial charge is 0.227 e. The second-order valence-corrected chi connectivity index (χ2v) is 4.77. The summed E-state index contributed by atoms with van der Waals surface area (Å²) in [5.41, 5.74) is 7.35. The molecule has 0 radical (unpaired) electrons. The molecule has 2 atom stereocenters. The second-order valence-electron chi connectivity index (χ2n) is 4.77. The van der Waals surface area contributed by atoms with Crippen LogP contribution >= 0.6 is 0 Å². The summed E-state index contributed by atoms with van der Waals surface area (Å²) in [6, 6.07) is 7.46. The van der Waals surface area contributed by atoms with Crippen LogP contribution in [0.15, 0.2) is 24.3 Å². The van der Waals surface area contributed by atoms with Crippen molar-refractivity contribution in [3.05, 3.63) is 29.8 Å². The fourth-order valence-corrected chi connectivity index (χ4v) is 2.15. The maximum Gasteiger partial charge on any atom is 0.227 e. The fourth-order valence-electron chi connectivity index (χ4n) is 2.15. The van der Waals surface area contributed by atoms with E-state index in [1.807, 2.05) is 31.2 Å². The Balaban J connectivity index is 1.87. The van der Waals surface area contributed by atoms with Crippen LogP contribution in [0.1, 0.15) is 31.2 Å². The minimum absolute atomic E-state index is 0.0242. The average Bonchev–Trinajstić information content (AvgIpc) is 2.88. The highest BCUT2D eigenvalue weighted by Crippen LogP contribution is 2.18. The number of hydrogen-bond acceptors (Lipinski definition) is 3. The van der Waals surface area contributed by atoms with Crippen LogP contribution in [0.4, 0.5) is 5.69 Å². The summed E-state index contributed by atoms with van der Waals surface area (Å²) in [5.74, 6) is -0.161. The van der Waals surface area contributed by atoms with Crippen molar-refractivity contribution in [3.63, 3.8) is 0 Å². The molecular weight excluding hydrogens is 228 g/mol. The first kappa shape index (κ1) is 12.9. The number of amides is 1. The molecule has 1 amide bonds. The first-order valence-corrected chi connectivity index (χ1v) is 6.41. The number of anilines is 1. The molecule has 4 nitrogen and oxygen atoms in total. The van der Waals surface area contributed by atoms with Crippen LogP contribution in [0, 0.1) is 0 Å². The first-order chi connectivity index (χ1) is 8.66. The van der Waals surface area contributed by atoms with Crippen LogP contribution in [0.2, 0.25) is 0 Å². The van der Waals surface area contributed by atoms with Crippen molar-refractivity contribution in [2.75, 3.05) is 18.9 Å². The number of nitrogens with two attached hydrogens (primary N) is 1. The predicted molar refractivity (Wildman–Crippen MR) is 71.3 cm³/mol. The van der Waals surface area contributed by atoms with E-state index in [4.69, 9.17) is 10.5 Å². The Morgan fingerprint density at radius 1 is 1.61 bits per heavy atom. The van der Waals surface area contributed by atoms with Crippen molar-refractivity contribution < 1.29 is 9.53 Å². The van der Waals surface area contributed by atoms with Gasteiger partial charge in [-0.05, 0) is 37.5 Å². The van der Waals surface area contributed by atoms with Gasteiger partial charge in [-0.15, -0.1) is 0 Å². The summed E-state index contributed by atoms with van der Waals surface area (Å²) in [6.45, 7) is 3.30. The summed E-state index contributed by atoms with van der Waals surface area (Å²) in [7, 11) is 0. The van der Waals surface area contributed by atoms with E-state index in [-0.39, 0.29) is 17.9 Å². The van der Waals surface area contributed by atoms with Gasteiger partial charge in [0.25, 0.3) is 0 Å². The molecule has 2 rings (SSSR count). The van der Waals surface area contributed by atoms with Crippen LogP contribution < -0.4 is 11.1 Å². The Morgan fingerprint density at radius 3 is 3.11 bits per heavy atom. The van der Waals surface area contributed by atoms with Crippen LogP contribution in [0.25, 0.3) is 0 Å². The summed E-state index contributed by atoms with van der Waals surface area (Å²) in [4.78, 5) is 12.0. The number of hydrogen-bond donors (Lipinski definition) is 2. The largest absolute Gasteiger partial charge is 0.399 e. The molecule has 0 aromatic heterocycles. The lowest BCUT2D eigenvalue weighted by Gasteiger charge is -2.15. The standard InChI is InChI=1S/C14H20N2O2/c1-10(11-4-2-5-12(15)8-11)14(17)16-9-13-6-3-7-18-13/h2,4-5,8,10,13H,3,6-7,9,15H2,1H3,(H,16,17). The predicted octanol–water partition coefficient (Wildman–Crippen LogP) is 1.67. The van der Waals surface area contributed by atoms with Gasteiger partial charge in [0.15, 0.2) is 0 Å². The van der Waals surface area contributed by atoms with Crippen LogP contribution in [0.5, 0.6) is 0 Å². The third-order valence-corrected chi connectivity index (χ3v) is 3.33. The molecule has 4 heteroatoms. The molecule has 1 saturated heterocycles. The molecule has 1 aromatic carbocycles. The maximum atomic E-state index is 12.0. The van der Waals surface area contributed by atoms with Gasteiger partial charge in [-0.2, -0.15) is 0 Å². The van der Waals surface area contributed by atoms with Crippen LogP contribution in [-0.2, 0) is 9.53 Å². The van der Waals surface area contributed by atoms with Crippen LogP contribution in [-0.4, -0.2) is 25.2 Å². The van der Waals surface area contributed by atoms with E-state index in [1.54, 1.807) is 0 Å². The number of ether oxygens (including phenoxy) is 1. The van der Waals surface area contributed by atoms with Gasteiger partial charge in [0, 0.05) is 18.8 Å². The van der Waals surface area contributed by atoms with E-state index < -0.39 is 0 Å². The van der Waals surface area contributed by atoms with Gasteiger partial charge in [-0.1, -0.05) is 12.1 Å². The Morgan fingerprint density at radius 2 is 2.44 bits per heavy atom. The van der Waals surface area contributed by atoms with Gasteiger partial charge in [-0.3, -0.25) is 4.79 Å². The molecule has 0 saturated carbocycles. The molecule has 18 heavy (non-hydrogen) atoms. The van der Waals surface area contributed by atoms with Crippen molar-refractivity contribution >= 4 is 11.6 Å². The molecule has 0 spiro atoms. The van der Waals surface area contributed by atoms with Crippen molar-refractivity contribution in [1.29, 1.82) is 0 Å². The lowest BCUT2D eigenvalue weighted by Crippen LogP contribution is -2.34. The minimum Gasteiger partial charge on any atom is -0.399 e. The molecule has 1 aromatic rings. The summed E-state index contributed by atoms with van der Waals surface area (Å²) in [5, 5.41) is 2.94. The highest BCUT2D eigenvalue weighted by Gasteiger charge is 2.19. The number of nitrogens with one attached hydrogen (secondary N) is 1. The fraction of sp³-hybridized carbons (Fsp3) is 0.500. The molecule has 1 heterocycles. The second kappa shape index (κ2) is 5.87. The molecular formula is C14H20N2O2. The number of carbonyl (C=O) groups excluding carboxylic acids is 1. The summed E-state index contributed by atoms with van der Waals surface area (Å²) >= 11 is 0. The molecule has 2 unspecified atom stereocenters. The molecule has 1 aliphatic heterocycles. The Bertz CT molecular complexity index is 414. The molecule has 0 aliphatic carbocycles. The average molecular weight is 248 g/mol. The van der Waals surface area contributed by atoms with E-state index in [1.165, 1.54) is 0 Å². The normalized spacial score (nSPS) is 20.6. The van der Waals surface area contributed by atoms with E-state index in [9.17, 15) is 4.79 Å². The van der Waals surface area contributed by atoms with E-state index >= 15 is 0 Å². The minimum atomic E-state index is -0.185. The van der Waals surface area contributed by atoms with Gasteiger partial charge in [-0.25, -0.2) is 0 Å². The van der Waals surface area contributed by atoms with Gasteiger partial charge in [0.1, 0.15) is 0 Å². The van der Waals surface area contributed by atoms with E-state index in [2.05, 4.69) is 5.32 Å². The van der Waals surface area contributed by atoms with Gasteiger partial charge in [0.05, 0.1) is 12.0 Å². The highest BCUT2D eigenvalue weighted by atomic mass is 16.5. The van der Waals surface area contributed by atoms with E-state index in [0.29, 0.717) is 12.2 Å². The number of nitrogen functional groups attached to an aromatic ring is 1. The van der Waals surface area contributed by atoms with Crippen LogP contribution in [0.3, 0.4) is 0 Å². The molecule has 98 valence electrons. The first-order valence-electron chi connectivity index (χ1n) is 6.41. The molecule has 1 aliphatic rings. The van der Waals surface area contributed by atoms with Crippen molar-refractivity contribution in [3.8, 4) is 0 Å². The van der Waals surface area contributed by atoms with Crippen molar-refractivity contribution in [2.45, 2.75) is 31.8 Å². The topological polar surface area (TPSA) is 64.3 Å². The van der Waals surface area contributed by atoms with Gasteiger partial charge in [0.2, 0.25) is 5.91 Å². The van der Waals surface area contributed by atoms with Gasteiger partial charge >= 0.3 is 0 Å². The quantitative estimate of drug-likeness (QED) is 0.797. The zero-order valence-electron chi connectivity index (χ0n) is 10.7. The Kier molecular flexibility index (Phi) is 4.20. The SMILES string of the molecule is CC(C(=O)NCC1CCCO1)c1cccc(N)c1. The van der Waals surface area contributed by atoms with Gasteiger partial charge < -0.3 is 15.8 Å². The molecule has 0 bridgehead atoms. The lowest BCUT2D eigenvalue weighted by atomic mass is 10.00. The summed E-state index contributed by atoms with van der Waals surface area (Å²) < 4.78 is 5.47. The number of benzene rings is 1. The zero-order chi connectivity index (χ0) is 13.0. The van der Waals surface area contributed by atoms with Crippen molar-refractivity contribution in [2.24, 2.45) is 0 Å². The third-order valence-electron chi connectivity index (χ3n) is 3.33. The Hall–Kier alpha value is -1.55. The summed E-state index contributed by atoms with van der Waals surface area (Å²) in [6.07, 6.45) is 2.31. The monoisotopic (exact) mass is 248 g/mol. The third kappa shape index (κ3) is 3.23. The molecule has 1 fully saturated rings. The lowest BCUT2D eigenvalue weighted by molar-refractivity contribution is -0.122. The highest BCUT2D eigenvalue weighted by molar-refractivity contribution is 5.83. The number of rotatable bonds is 4. The molecule has 3 N–H and O–H groups in total. The zero-order valence-corrected chi connectivity index (χ0v) is 10.7.